The van der Waals surface area contributed by atoms with Crippen molar-refractivity contribution in [2.45, 2.75) is 0 Å². The fourth-order valence-corrected chi connectivity index (χ4v) is 6.20. The van der Waals surface area contributed by atoms with Gasteiger partial charge in [-0.25, -0.2) is 0 Å². The van der Waals surface area contributed by atoms with Gasteiger partial charge in [0.1, 0.15) is 11.2 Å². The number of fused-ring (bicyclic) bond motifs is 6. The molecule has 0 aliphatic carbocycles. The smallest absolute Gasteiger partial charge is 0.328 e. The molecule has 2 heterocycles. The van der Waals surface area contributed by atoms with E-state index in [1.807, 2.05) is 12.1 Å². The number of hydrogen-bond acceptors (Lipinski definition) is 2. The van der Waals surface area contributed by atoms with Crippen LogP contribution in [0.4, 0.5) is 11.4 Å². The number of para-hydroxylation sites is 4. The van der Waals surface area contributed by atoms with Gasteiger partial charge in [-0.15, -0.1) is 0 Å². The van der Waals surface area contributed by atoms with Crippen molar-refractivity contribution in [2.75, 3.05) is 4.81 Å². The van der Waals surface area contributed by atoms with Crippen molar-refractivity contribution in [1.29, 1.82) is 0 Å². The third-order valence-electron chi connectivity index (χ3n) is 7.92. The number of rotatable bonds is 3. The molecule has 0 amide bonds. The molecule has 0 spiro atoms. The van der Waals surface area contributed by atoms with Crippen LogP contribution >= 0.6 is 0 Å². The van der Waals surface area contributed by atoms with E-state index < -0.39 is 0 Å². The Bertz CT molecular complexity index is 1980. The molecule has 0 radical (unpaired) electrons. The quantitative estimate of drug-likeness (QED) is 0.229. The molecule has 1 aliphatic rings. The lowest BCUT2D eigenvalue weighted by atomic mass is 9.45. The van der Waals surface area contributed by atoms with Crippen LogP contribution in [0.3, 0.4) is 0 Å². The van der Waals surface area contributed by atoms with E-state index in [0.29, 0.717) is 0 Å². The third-order valence-corrected chi connectivity index (χ3v) is 7.92. The number of anilines is 2. The van der Waals surface area contributed by atoms with Gasteiger partial charge in [-0.2, -0.15) is 0 Å². The van der Waals surface area contributed by atoms with E-state index in [1.54, 1.807) is 0 Å². The van der Waals surface area contributed by atoms with Gasteiger partial charge in [-0.1, -0.05) is 121 Å². The van der Waals surface area contributed by atoms with Gasteiger partial charge in [-0.05, 0) is 46.9 Å². The van der Waals surface area contributed by atoms with Gasteiger partial charge < -0.3 is 9.23 Å². The Morgan fingerprint density at radius 2 is 1.21 bits per heavy atom. The third kappa shape index (κ3) is 3.44. The molecule has 7 aromatic rings. The minimum Gasteiger partial charge on any atom is -0.455 e. The average molecular weight is 497 g/mol. The highest BCUT2D eigenvalue weighted by Gasteiger charge is 2.37. The van der Waals surface area contributed by atoms with Crippen molar-refractivity contribution >= 4 is 51.1 Å². The summed E-state index contributed by atoms with van der Waals surface area (Å²) in [4.78, 5) is 2.48. The van der Waals surface area contributed by atoms with Crippen LogP contribution in [0.25, 0.3) is 44.2 Å². The van der Waals surface area contributed by atoms with Crippen molar-refractivity contribution in [3.8, 4) is 22.3 Å². The lowest BCUT2D eigenvalue weighted by molar-refractivity contribution is 0.670. The second-order valence-electron chi connectivity index (χ2n) is 10.1. The fraction of sp³-hybridized carbons (Fsp3) is 0. The van der Waals surface area contributed by atoms with Crippen LogP contribution < -0.4 is 15.7 Å². The molecule has 1 aromatic heterocycles. The molecular weight excluding hydrogens is 473 g/mol. The van der Waals surface area contributed by atoms with Crippen LogP contribution in [-0.4, -0.2) is 6.85 Å². The topological polar surface area (TPSA) is 16.4 Å². The molecule has 0 bridgehead atoms. The Kier molecular flexibility index (Phi) is 4.96. The number of hydrogen-bond donors (Lipinski definition) is 0. The fourth-order valence-electron chi connectivity index (χ4n) is 6.20. The van der Waals surface area contributed by atoms with E-state index in [4.69, 9.17) is 4.42 Å². The highest BCUT2D eigenvalue weighted by atomic mass is 16.3. The second-order valence-corrected chi connectivity index (χ2v) is 10.1. The molecule has 0 saturated carbocycles. The first kappa shape index (κ1) is 22.0. The van der Waals surface area contributed by atoms with Gasteiger partial charge in [0.15, 0.2) is 0 Å². The van der Waals surface area contributed by atoms with Crippen molar-refractivity contribution < 1.29 is 4.42 Å². The van der Waals surface area contributed by atoms with Crippen LogP contribution in [-0.2, 0) is 0 Å². The molecule has 0 fully saturated rings. The molecule has 3 heteroatoms. The van der Waals surface area contributed by atoms with Crippen LogP contribution in [0.5, 0.6) is 0 Å². The zero-order valence-electron chi connectivity index (χ0n) is 21.3. The van der Waals surface area contributed by atoms with Gasteiger partial charge in [0.25, 0.3) is 0 Å². The largest absolute Gasteiger partial charge is 0.455 e. The lowest BCUT2D eigenvalue weighted by Crippen LogP contribution is -2.57. The normalized spacial score (nSPS) is 12.5. The van der Waals surface area contributed by atoms with Crippen LogP contribution in [0.2, 0.25) is 0 Å². The minimum absolute atomic E-state index is 0.0505. The Balaban J connectivity index is 1.38. The molecule has 0 atom stereocenters. The molecule has 0 saturated heterocycles. The van der Waals surface area contributed by atoms with E-state index in [0.717, 1.165) is 33.1 Å². The summed E-state index contributed by atoms with van der Waals surface area (Å²) in [5.41, 5.74) is 11.6. The van der Waals surface area contributed by atoms with Crippen molar-refractivity contribution in [3.05, 3.63) is 146 Å². The van der Waals surface area contributed by atoms with Gasteiger partial charge >= 0.3 is 6.85 Å². The van der Waals surface area contributed by atoms with Crippen molar-refractivity contribution in [1.82, 2.24) is 0 Å². The van der Waals surface area contributed by atoms with Gasteiger partial charge in [0, 0.05) is 33.3 Å². The highest BCUT2D eigenvalue weighted by molar-refractivity contribution is 6.90. The molecule has 39 heavy (non-hydrogen) atoms. The minimum atomic E-state index is 0.0505. The summed E-state index contributed by atoms with van der Waals surface area (Å²) in [5, 5.41) is 2.30. The molecular formula is C36H24BNO. The Hall–Kier alpha value is -5.02. The van der Waals surface area contributed by atoms with Crippen molar-refractivity contribution in [3.63, 3.8) is 0 Å². The van der Waals surface area contributed by atoms with Crippen LogP contribution in [0, 0.1) is 0 Å². The monoisotopic (exact) mass is 497 g/mol. The maximum atomic E-state index is 6.41. The van der Waals surface area contributed by atoms with Gasteiger partial charge in [0.05, 0.1) is 0 Å². The van der Waals surface area contributed by atoms with E-state index in [-0.39, 0.29) is 6.85 Å². The SMILES string of the molecule is c1ccc(B2c3ccc(-c4cccc5c4oc4ccccc45)cc3-c3ccccc3N2c2ccccc2)cc1. The van der Waals surface area contributed by atoms with Crippen LogP contribution in [0.1, 0.15) is 0 Å². The van der Waals surface area contributed by atoms with Gasteiger partial charge in [0.2, 0.25) is 0 Å². The number of nitrogens with zero attached hydrogens (tertiary/aromatic N) is 1. The first-order valence-corrected chi connectivity index (χ1v) is 13.4. The molecule has 1 aliphatic heterocycles. The molecule has 0 unspecified atom stereocenters. The Labute approximate surface area is 227 Å². The zero-order chi connectivity index (χ0) is 25.8. The van der Waals surface area contributed by atoms with Crippen molar-refractivity contribution in [2.24, 2.45) is 0 Å². The molecule has 2 nitrogen and oxygen atoms in total. The maximum absolute atomic E-state index is 6.41. The zero-order valence-corrected chi connectivity index (χ0v) is 21.3. The van der Waals surface area contributed by atoms with Crippen LogP contribution in [0.15, 0.2) is 150 Å². The van der Waals surface area contributed by atoms with E-state index in [2.05, 4.69) is 138 Å². The Morgan fingerprint density at radius 1 is 0.513 bits per heavy atom. The second kappa shape index (κ2) is 8.78. The molecule has 6 aromatic carbocycles. The average Bonchev–Trinajstić information content (AvgIpc) is 3.40. The first-order chi connectivity index (χ1) is 19.4. The molecule has 182 valence electrons. The lowest BCUT2D eigenvalue weighted by Gasteiger charge is -2.39. The maximum Gasteiger partial charge on any atom is 0.328 e. The summed E-state index contributed by atoms with van der Waals surface area (Å²) in [6.45, 7) is 0.0505. The van der Waals surface area contributed by atoms with E-state index >= 15 is 0 Å². The highest BCUT2D eigenvalue weighted by Crippen LogP contribution is 2.42. The summed E-state index contributed by atoms with van der Waals surface area (Å²) in [6.07, 6.45) is 0. The van der Waals surface area contributed by atoms with Gasteiger partial charge in [-0.3, -0.25) is 0 Å². The predicted molar refractivity (Wildman–Crippen MR) is 165 cm³/mol. The summed E-state index contributed by atoms with van der Waals surface area (Å²) in [5.74, 6) is 0. The Morgan fingerprint density at radius 3 is 2.08 bits per heavy atom. The number of furan rings is 1. The summed E-state index contributed by atoms with van der Waals surface area (Å²) in [6, 6.07) is 52.0. The van der Waals surface area contributed by atoms with E-state index in [9.17, 15) is 0 Å². The standard InChI is InChI=1S/C36H24BNO/c1-3-12-26(13-4-1)37-33-23-22-25(28-18-11-19-31-30-17-8-10-21-35(30)39-36(28)31)24-32(33)29-16-7-9-20-34(29)38(37)27-14-5-2-6-15-27/h1-24H. The molecule has 8 rings (SSSR count). The number of benzene rings is 6. The predicted octanol–water partition coefficient (Wildman–Crippen LogP) is 8.18. The summed E-state index contributed by atoms with van der Waals surface area (Å²) in [7, 11) is 0. The summed E-state index contributed by atoms with van der Waals surface area (Å²) >= 11 is 0. The summed E-state index contributed by atoms with van der Waals surface area (Å²) < 4.78 is 6.41. The van der Waals surface area contributed by atoms with E-state index in [1.165, 1.54) is 33.4 Å². The molecule has 0 N–H and O–H groups in total. The first-order valence-electron chi connectivity index (χ1n) is 13.4.